The van der Waals surface area contributed by atoms with Crippen LogP contribution in [0.5, 0.6) is 5.75 Å². The Morgan fingerprint density at radius 2 is 2.33 bits per heavy atom. The van der Waals surface area contributed by atoms with Gasteiger partial charge in [-0.1, -0.05) is 0 Å². The summed E-state index contributed by atoms with van der Waals surface area (Å²) in [7, 11) is 0. The molecule has 0 aromatic carbocycles. The van der Waals surface area contributed by atoms with E-state index in [2.05, 4.69) is 5.10 Å². The van der Waals surface area contributed by atoms with E-state index < -0.39 is 0 Å². The molecule has 0 atom stereocenters. The summed E-state index contributed by atoms with van der Waals surface area (Å²) in [5, 5.41) is 4.22. The number of nitrogens with zero attached hydrogens (tertiary/aromatic N) is 2. The molecule has 2 rings (SSSR count). The van der Waals surface area contributed by atoms with Gasteiger partial charge in [0.25, 0.3) is 0 Å². The Bertz CT molecular complexity index is 263. The van der Waals surface area contributed by atoms with Crippen molar-refractivity contribution >= 4 is 0 Å². The maximum atomic E-state index is 5.49. The summed E-state index contributed by atoms with van der Waals surface area (Å²) in [5.74, 6) is 0.886. The van der Waals surface area contributed by atoms with Gasteiger partial charge in [-0.05, 0) is 26.7 Å². The van der Waals surface area contributed by atoms with Gasteiger partial charge in [0.05, 0.1) is 24.5 Å². The van der Waals surface area contributed by atoms with Gasteiger partial charge in [-0.2, -0.15) is 5.10 Å². The fourth-order valence-corrected chi connectivity index (χ4v) is 1.19. The Labute approximate surface area is 72.3 Å². The minimum absolute atomic E-state index is 0.238. The van der Waals surface area contributed by atoms with Crippen LogP contribution in [0, 0.1) is 0 Å². The molecule has 66 valence electrons. The van der Waals surface area contributed by atoms with Crippen LogP contribution in [-0.2, 0) is 0 Å². The molecule has 12 heavy (non-hydrogen) atoms. The SMILES string of the molecule is CC(C)Oc1cnn(C2CC2)c1. The standard InChI is InChI=1S/C9H14N2O/c1-7(2)12-9-5-10-11(6-9)8-3-4-8/h5-8H,3-4H2,1-2H3. The van der Waals surface area contributed by atoms with Gasteiger partial charge < -0.3 is 4.74 Å². The Balaban J connectivity index is 2.03. The summed E-state index contributed by atoms with van der Waals surface area (Å²) in [6.07, 6.45) is 6.54. The number of hydrogen-bond acceptors (Lipinski definition) is 2. The maximum absolute atomic E-state index is 5.49. The van der Waals surface area contributed by atoms with Crippen LogP contribution in [0.25, 0.3) is 0 Å². The molecule has 1 aromatic rings. The molecule has 1 fully saturated rings. The van der Waals surface area contributed by atoms with Crippen LogP contribution in [0.3, 0.4) is 0 Å². The average molecular weight is 166 g/mol. The molecule has 1 aliphatic carbocycles. The summed E-state index contributed by atoms with van der Waals surface area (Å²) in [5.41, 5.74) is 0. The summed E-state index contributed by atoms with van der Waals surface area (Å²) in [6, 6.07) is 0.648. The van der Waals surface area contributed by atoms with Crippen molar-refractivity contribution in [1.82, 2.24) is 9.78 Å². The Kier molecular flexibility index (Phi) is 1.79. The van der Waals surface area contributed by atoms with Crippen LogP contribution in [0.1, 0.15) is 32.7 Å². The van der Waals surface area contributed by atoms with Gasteiger partial charge in [-0.3, -0.25) is 4.68 Å². The van der Waals surface area contributed by atoms with Gasteiger partial charge in [0.15, 0.2) is 5.75 Å². The largest absolute Gasteiger partial charge is 0.488 e. The molecule has 1 saturated carbocycles. The zero-order valence-corrected chi connectivity index (χ0v) is 7.53. The van der Waals surface area contributed by atoms with Gasteiger partial charge in [0.1, 0.15) is 0 Å². The van der Waals surface area contributed by atoms with Gasteiger partial charge in [-0.15, -0.1) is 0 Å². The second kappa shape index (κ2) is 2.81. The number of hydrogen-bond donors (Lipinski definition) is 0. The number of ether oxygens (including phenoxy) is 1. The summed E-state index contributed by atoms with van der Waals surface area (Å²) >= 11 is 0. The Hall–Kier alpha value is -0.990. The van der Waals surface area contributed by atoms with E-state index in [1.54, 1.807) is 6.20 Å². The molecule has 0 aliphatic heterocycles. The minimum Gasteiger partial charge on any atom is -0.488 e. The third-order valence-electron chi connectivity index (χ3n) is 1.87. The predicted octanol–water partition coefficient (Wildman–Crippen LogP) is 2.01. The molecule has 0 unspecified atom stereocenters. The molecule has 1 heterocycles. The highest BCUT2D eigenvalue weighted by Crippen LogP contribution is 2.34. The quantitative estimate of drug-likeness (QED) is 0.686. The smallest absolute Gasteiger partial charge is 0.157 e. The lowest BCUT2D eigenvalue weighted by Gasteiger charge is -2.05. The predicted molar refractivity (Wildman–Crippen MR) is 46.3 cm³/mol. The van der Waals surface area contributed by atoms with Crippen molar-refractivity contribution in [2.45, 2.75) is 38.8 Å². The van der Waals surface area contributed by atoms with Crippen molar-refractivity contribution in [2.24, 2.45) is 0 Å². The third kappa shape index (κ3) is 1.60. The molecule has 0 spiro atoms. The zero-order valence-electron chi connectivity index (χ0n) is 7.53. The first-order chi connectivity index (χ1) is 5.75. The molecular formula is C9H14N2O. The lowest BCUT2D eigenvalue weighted by atomic mass is 10.5. The summed E-state index contributed by atoms with van der Waals surface area (Å²) < 4.78 is 7.49. The first-order valence-corrected chi connectivity index (χ1v) is 4.46. The molecule has 3 heteroatoms. The van der Waals surface area contributed by atoms with E-state index in [9.17, 15) is 0 Å². The van der Waals surface area contributed by atoms with Crippen LogP contribution in [-0.4, -0.2) is 15.9 Å². The van der Waals surface area contributed by atoms with E-state index in [0.29, 0.717) is 6.04 Å². The number of rotatable bonds is 3. The van der Waals surface area contributed by atoms with Crippen molar-refractivity contribution in [1.29, 1.82) is 0 Å². The normalized spacial score (nSPS) is 16.9. The monoisotopic (exact) mass is 166 g/mol. The van der Waals surface area contributed by atoms with Gasteiger partial charge in [-0.25, -0.2) is 0 Å². The molecule has 0 N–H and O–H groups in total. The van der Waals surface area contributed by atoms with E-state index in [-0.39, 0.29) is 6.10 Å². The highest BCUT2D eigenvalue weighted by atomic mass is 16.5. The van der Waals surface area contributed by atoms with Gasteiger partial charge in [0.2, 0.25) is 0 Å². The lowest BCUT2D eigenvalue weighted by molar-refractivity contribution is 0.242. The van der Waals surface area contributed by atoms with Gasteiger partial charge in [0, 0.05) is 0 Å². The van der Waals surface area contributed by atoms with Crippen molar-refractivity contribution in [3.8, 4) is 5.75 Å². The molecule has 1 aliphatic rings. The third-order valence-corrected chi connectivity index (χ3v) is 1.87. The van der Waals surface area contributed by atoms with Crippen molar-refractivity contribution in [3.63, 3.8) is 0 Å². The van der Waals surface area contributed by atoms with E-state index in [0.717, 1.165) is 5.75 Å². The lowest BCUT2D eigenvalue weighted by Crippen LogP contribution is -2.04. The second-order valence-electron chi connectivity index (χ2n) is 3.55. The van der Waals surface area contributed by atoms with E-state index in [4.69, 9.17) is 4.74 Å². The average Bonchev–Trinajstić information content (AvgIpc) is 2.73. The topological polar surface area (TPSA) is 27.1 Å². The van der Waals surface area contributed by atoms with Crippen molar-refractivity contribution in [2.75, 3.05) is 0 Å². The van der Waals surface area contributed by atoms with E-state index in [1.807, 2.05) is 24.7 Å². The summed E-state index contributed by atoms with van der Waals surface area (Å²) in [4.78, 5) is 0. The van der Waals surface area contributed by atoms with Crippen LogP contribution in [0.4, 0.5) is 0 Å². The molecule has 0 amide bonds. The van der Waals surface area contributed by atoms with E-state index in [1.165, 1.54) is 12.8 Å². The minimum atomic E-state index is 0.238. The van der Waals surface area contributed by atoms with Crippen molar-refractivity contribution < 1.29 is 4.74 Å². The molecule has 3 nitrogen and oxygen atoms in total. The second-order valence-corrected chi connectivity index (χ2v) is 3.55. The first-order valence-electron chi connectivity index (χ1n) is 4.46. The van der Waals surface area contributed by atoms with Crippen LogP contribution >= 0.6 is 0 Å². The fraction of sp³-hybridized carbons (Fsp3) is 0.667. The first kappa shape index (κ1) is 7.65. The molecule has 0 bridgehead atoms. The molecular weight excluding hydrogens is 152 g/mol. The Morgan fingerprint density at radius 3 is 2.92 bits per heavy atom. The molecule has 0 radical (unpaired) electrons. The highest BCUT2D eigenvalue weighted by Gasteiger charge is 2.24. The van der Waals surface area contributed by atoms with Crippen LogP contribution < -0.4 is 4.74 Å². The number of aromatic nitrogens is 2. The van der Waals surface area contributed by atoms with Crippen LogP contribution in [0.2, 0.25) is 0 Å². The van der Waals surface area contributed by atoms with Crippen LogP contribution in [0.15, 0.2) is 12.4 Å². The summed E-state index contributed by atoms with van der Waals surface area (Å²) in [6.45, 7) is 4.04. The Morgan fingerprint density at radius 1 is 1.58 bits per heavy atom. The molecule has 1 aromatic heterocycles. The molecule has 0 saturated heterocycles. The van der Waals surface area contributed by atoms with Crippen molar-refractivity contribution in [3.05, 3.63) is 12.4 Å². The van der Waals surface area contributed by atoms with Gasteiger partial charge >= 0.3 is 0 Å². The maximum Gasteiger partial charge on any atom is 0.157 e. The zero-order chi connectivity index (χ0) is 8.55. The fourth-order valence-electron chi connectivity index (χ4n) is 1.19. The highest BCUT2D eigenvalue weighted by molar-refractivity contribution is 5.13. The van der Waals surface area contributed by atoms with E-state index >= 15 is 0 Å².